The van der Waals surface area contributed by atoms with Gasteiger partial charge in [-0.05, 0) is 30.2 Å². The van der Waals surface area contributed by atoms with E-state index < -0.39 is 11.9 Å². The molecule has 1 unspecified atom stereocenters. The van der Waals surface area contributed by atoms with E-state index >= 15 is 0 Å². The smallest absolute Gasteiger partial charge is 0.310 e. The molecule has 7 heteroatoms. The lowest BCUT2D eigenvalue weighted by Gasteiger charge is -2.16. The maximum absolute atomic E-state index is 12.5. The largest absolute Gasteiger partial charge is 0.508 e. The second kappa shape index (κ2) is 7.69. The van der Waals surface area contributed by atoms with Gasteiger partial charge in [-0.25, -0.2) is 0 Å². The van der Waals surface area contributed by atoms with Crippen LogP contribution in [0.4, 0.5) is 0 Å². The SMILES string of the molecule is COC(=O)C(CNC(=O)c1cccc2cn[nH]c12)Cc1ccc(O)cc1. The van der Waals surface area contributed by atoms with Crippen LogP contribution in [0.15, 0.2) is 48.7 Å². The number of nitrogens with one attached hydrogen (secondary N) is 2. The van der Waals surface area contributed by atoms with Gasteiger partial charge in [0.05, 0.1) is 30.3 Å². The lowest BCUT2D eigenvalue weighted by molar-refractivity contribution is -0.145. The van der Waals surface area contributed by atoms with Gasteiger partial charge in [0.15, 0.2) is 0 Å². The zero-order valence-corrected chi connectivity index (χ0v) is 14.2. The van der Waals surface area contributed by atoms with Crippen molar-refractivity contribution in [1.29, 1.82) is 0 Å². The summed E-state index contributed by atoms with van der Waals surface area (Å²) in [6.45, 7) is 0.136. The molecule has 134 valence electrons. The molecule has 1 amide bonds. The highest BCUT2D eigenvalue weighted by Crippen LogP contribution is 2.17. The fraction of sp³-hybridized carbons (Fsp3) is 0.211. The summed E-state index contributed by atoms with van der Waals surface area (Å²) >= 11 is 0. The molecule has 1 heterocycles. The van der Waals surface area contributed by atoms with Crippen molar-refractivity contribution in [2.45, 2.75) is 6.42 Å². The number of hydrogen-bond donors (Lipinski definition) is 3. The molecule has 26 heavy (non-hydrogen) atoms. The number of hydrogen-bond acceptors (Lipinski definition) is 5. The van der Waals surface area contributed by atoms with E-state index in [0.717, 1.165) is 10.9 Å². The molecule has 1 aromatic heterocycles. The summed E-state index contributed by atoms with van der Waals surface area (Å²) in [5.41, 5.74) is 1.98. The van der Waals surface area contributed by atoms with E-state index in [1.807, 2.05) is 6.07 Å². The van der Waals surface area contributed by atoms with Crippen LogP contribution in [0.2, 0.25) is 0 Å². The highest BCUT2D eigenvalue weighted by atomic mass is 16.5. The van der Waals surface area contributed by atoms with Crippen molar-refractivity contribution in [3.63, 3.8) is 0 Å². The molecule has 0 fully saturated rings. The van der Waals surface area contributed by atoms with Crippen LogP contribution in [-0.4, -0.2) is 40.8 Å². The van der Waals surface area contributed by atoms with Gasteiger partial charge in [0, 0.05) is 11.9 Å². The molecule has 0 saturated heterocycles. The summed E-state index contributed by atoms with van der Waals surface area (Å²) < 4.78 is 4.85. The first kappa shape index (κ1) is 17.5. The van der Waals surface area contributed by atoms with Crippen LogP contribution < -0.4 is 5.32 Å². The van der Waals surface area contributed by atoms with Gasteiger partial charge in [0.1, 0.15) is 5.75 Å². The maximum Gasteiger partial charge on any atom is 0.310 e. The van der Waals surface area contributed by atoms with Crippen molar-refractivity contribution < 1.29 is 19.4 Å². The van der Waals surface area contributed by atoms with Gasteiger partial charge >= 0.3 is 5.97 Å². The van der Waals surface area contributed by atoms with E-state index in [1.54, 1.807) is 42.6 Å². The molecular formula is C19H19N3O4. The monoisotopic (exact) mass is 353 g/mol. The van der Waals surface area contributed by atoms with Crippen LogP contribution in [0.3, 0.4) is 0 Å². The number of carbonyl (C=O) groups is 2. The number of benzene rings is 2. The van der Waals surface area contributed by atoms with Gasteiger partial charge in [-0.2, -0.15) is 5.10 Å². The number of H-pyrrole nitrogens is 1. The Labute approximate surface area is 150 Å². The third-order valence-corrected chi connectivity index (χ3v) is 4.18. The molecule has 0 aliphatic rings. The minimum Gasteiger partial charge on any atom is -0.508 e. The molecular weight excluding hydrogens is 334 g/mol. The van der Waals surface area contributed by atoms with Crippen molar-refractivity contribution in [2.75, 3.05) is 13.7 Å². The summed E-state index contributed by atoms with van der Waals surface area (Å²) in [6.07, 6.45) is 2.04. The molecule has 3 N–H and O–H groups in total. The summed E-state index contributed by atoms with van der Waals surface area (Å²) in [4.78, 5) is 24.6. The predicted octanol–water partition coefficient (Wildman–Crippen LogP) is 2.03. The Kier molecular flexibility index (Phi) is 5.17. The first-order valence-corrected chi connectivity index (χ1v) is 8.14. The highest BCUT2D eigenvalue weighted by Gasteiger charge is 2.21. The number of para-hydroxylation sites is 1. The average molecular weight is 353 g/mol. The standard InChI is InChI=1S/C19H19N3O4/c1-26-19(25)14(9-12-5-7-15(23)8-6-12)10-20-18(24)16-4-2-3-13-11-21-22-17(13)16/h2-8,11,14,23H,9-10H2,1H3,(H,20,24)(H,21,22). The Morgan fingerprint density at radius 1 is 1.23 bits per heavy atom. The van der Waals surface area contributed by atoms with Gasteiger partial charge in [-0.3, -0.25) is 14.7 Å². The topological polar surface area (TPSA) is 104 Å². The van der Waals surface area contributed by atoms with Crippen molar-refractivity contribution in [3.8, 4) is 5.75 Å². The molecule has 0 bridgehead atoms. The Morgan fingerprint density at radius 3 is 2.73 bits per heavy atom. The lowest BCUT2D eigenvalue weighted by atomic mass is 9.99. The van der Waals surface area contributed by atoms with Gasteiger partial charge in [-0.15, -0.1) is 0 Å². The number of carbonyl (C=O) groups excluding carboxylic acids is 2. The number of rotatable bonds is 6. The lowest BCUT2D eigenvalue weighted by Crippen LogP contribution is -2.34. The van der Waals surface area contributed by atoms with Crippen LogP contribution in [0.25, 0.3) is 10.9 Å². The van der Waals surface area contributed by atoms with Gasteiger partial charge in [-0.1, -0.05) is 24.3 Å². The van der Waals surface area contributed by atoms with E-state index in [4.69, 9.17) is 4.74 Å². The minimum atomic E-state index is -0.533. The summed E-state index contributed by atoms with van der Waals surface area (Å²) in [5, 5.41) is 19.7. The number of fused-ring (bicyclic) bond motifs is 1. The van der Waals surface area contributed by atoms with E-state index in [2.05, 4.69) is 15.5 Å². The second-order valence-electron chi connectivity index (χ2n) is 5.94. The number of esters is 1. The quantitative estimate of drug-likeness (QED) is 0.588. The second-order valence-corrected chi connectivity index (χ2v) is 5.94. The van der Waals surface area contributed by atoms with Crippen molar-refractivity contribution >= 4 is 22.8 Å². The van der Waals surface area contributed by atoms with E-state index in [0.29, 0.717) is 17.5 Å². The van der Waals surface area contributed by atoms with E-state index in [9.17, 15) is 14.7 Å². The molecule has 1 atom stereocenters. The number of aromatic nitrogens is 2. The van der Waals surface area contributed by atoms with Crippen LogP contribution in [-0.2, 0) is 16.0 Å². The van der Waals surface area contributed by atoms with Crippen LogP contribution in [0.1, 0.15) is 15.9 Å². The Hall–Kier alpha value is -3.35. The summed E-state index contributed by atoms with van der Waals surface area (Å²) in [5.74, 6) is -1.07. The highest BCUT2D eigenvalue weighted by molar-refractivity contribution is 6.05. The number of phenolic OH excluding ortho intramolecular Hbond substituents is 1. The number of aromatic amines is 1. The van der Waals surface area contributed by atoms with Crippen molar-refractivity contribution in [3.05, 3.63) is 59.8 Å². The van der Waals surface area contributed by atoms with Crippen LogP contribution in [0, 0.1) is 5.92 Å². The van der Waals surface area contributed by atoms with Crippen molar-refractivity contribution in [2.24, 2.45) is 5.92 Å². The first-order valence-electron chi connectivity index (χ1n) is 8.14. The third-order valence-electron chi connectivity index (χ3n) is 4.18. The fourth-order valence-electron chi connectivity index (χ4n) is 2.79. The van der Waals surface area contributed by atoms with Gasteiger partial charge in [0.25, 0.3) is 5.91 Å². The zero-order valence-electron chi connectivity index (χ0n) is 14.2. The fourth-order valence-corrected chi connectivity index (χ4v) is 2.79. The number of ether oxygens (including phenoxy) is 1. The molecule has 3 aromatic rings. The summed E-state index contributed by atoms with van der Waals surface area (Å²) in [7, 11) is 1.32. The van der Waals surface area contributed by atoms with Gasteiger partial charge < -0.3 is 15.2 Å². The maximum atomic E-state index is 12.5. The molecule has 3 rings (SSSR count). The summed E-state index contributed by atoms with van der Waals surface area (Å²) in [6, 6.07) is 11.9. The van der Waals surface area contributed by atoms with Crippen LogP contribution >= 0.6 is 0 Å². The number of aromatic hydroxyl groups is 1. The van der Waals surface area contributed by atoms with Crippen LogP contribution in [0.5, 0.6) is 5.75 Å². The Balaban J connectivity index is 1.71. The van der Waals surface area contributed by atoms with E-state index in [1.165, 1.54) is 7.11 Å². The minimum absolute atomic E-state index is 0.136. The first-order chi connectivity index (χ1) is 12.6. The molecule has 0 aliphatic heterocycles. The number of phenols is 1. The predicted molar refractivity (Wildman–Crippen MR) is 95.7 cm³/mol. The molecule has 7 nitrogen and oxygen atoms in total. The normalized spacial score (nSPS) is 11.9. The van der Waals surface area contributed by atoms with Gasteiger partial charge in [0.2, 0.25) is 0 Å². The average Bonchev–Trinajstić information content (AvgIpc) is 3.14. The van der Waals surface area contributed by atoms with E-state index in [-0.39, 0.29) is 18.2 Å². The number of amides is 1. The zero-order chi connectivity index (χ0) is 18.5. The number of methoxy groups -OCH3 is 1. The Morgan fingerprint density at radius 2 is 2.00 bits per heavy atom. The molecule has 0 saturated carbocycles. The Bertz CT molecular complexity index is 918. The molecule has 0 aliphatic carbocycles. The molecule has 2 aromatic carbocycles. The number of nitrogens with zero attached hydrogens (tertiary/aromatic N) is 1. The molecule has 0 radical (unpaired) electrons. The third kappa shape index (κ3) is 3.83. The van der Waals surface area contributed by atoms with Crippen molar-refractivity contribution in [1.82, 2.24) is 15.5 Å². The molecule has 0 spiro atoms.